The van der Waals surface area contributed by atoms with Crippen molar-refractivity contribution in [1.29, 1.82) is 0 Å². The Morgan fingerprint density at radius 3 is 2.26 bits per heavy atom. The summed E-state index contributed by atoms with van der Waals surface area (Å²) in [6, 6.07) is 14.3. The maximum atomic E-state index is 13.6. The van der Waals surface area contributed by atoms with E-state index in [-0.39, 0.29) is 24.0 Å². The molecular formula is C30H29NO8. The van der Waals surface area contributed by atoms with Crippen LogP contribution in [0.3, 0.4) is 0 Å². The van der Waals surface area contributed by atoms with Crippen LogP contribution in [0.4, 0.5) is 5.69 Å². The molecule has 0 radical (unpaired) electrons. The van der Waals surface area contributed by atoms with Crippen molar-refractivity contribution in [3.8, 4) is 28.7 Å². The molecule has 2 aliphatic rings. The van der Waals surface area contributed by atoms with Crippen LogP contribution in [0.15, 0.2) is 60.2 Å². The molecule has 1 unspecified atom stereocenters. The lowest BCUT2D eigenvalue weighted by atomic mass is 9.93. The molecule has 1 N–H and O–H groups in total. The summed E-state index contributed by atoms with van der Waals surface area (Å²) in [5, 5.41) is 11.6. The fourth-order valence-electron chi connectivity index (χ4n) is 4.96. The predicted octanol–water partition coefficient (Wildman–Crippen LogP) is 5.19. The van der Waals surface area contributed by atoms with Gasteiger partial charge in [-0.2, -0.15) is 0 Å². The Balaban J connectivity index is 1.73. The number of amides is 1. The van der Waals surface area contributed by atoms with Gasteiger partial charge >= 0.3 is 0 Å². The molecule has 1 saturated heterocycles. The van der Waals surface area contributed by atoms with Crippen LogP contribution in [0, 0.1) is 0 Å². The van der Waals surface area contributed by atoms with E-state index in [1.165, 1.54) is 19.1 Å². The smallest absolute Gasteiger partial charge is 0.300 e. The standard InChI is InChI=1S/C30H29NO8/c1-16(2)20-12-18(7-9-21(20)35-3)28(32)26-27(17-6-10-22(36-4)24(13-17)37-5)31(30(34)29(26)33)19-8-11-23-25(14-19)39-15-38-23/h6-14,16,27,32H,15H2,1-5H3/b28-26+. The minimum atomic E-state index is -0.963. The van der Waals surface area contributed by atoms with Gasteiger partial charge in [0.2, 0.25) is 6.79 Å². The van der Waals surface area contributed by atoms with Crippen LogP contribution in [0.25, 0.3) is 5.76 Å². The van der Waals surface area contributed by atoms with E-state index < -0.39 is 17.7 Å². The van der Waals surface area contributed by atoms with Gasteiger partial charge in [-0.1, -0.05) is 19.9 Å². The second-order valence-electron chi connectivity index (χ2n) is 9.43. The topological polar surface area (TPSA) is 104 Å². The lowest BCUT2D eigenvalue weighted by Crippen LogP contribution is -2.29. The molecule has 0 bridgehead atoms. The van der Waals surface area contributed by atoms with E-state index >= 15 is 0 Å². The number of Topliss-reactive ketones (excluding diaryl/α,β-unsaturated/α-hetero) is 1. The number of carbonyl (C=O) groups is 2. The Kier molecular flexibility index (Phi) is 6.82. The first-order chi connectivity index (χ1) is 18.8. The van der Waals surface area contributed by atoms with Gasteiger partial charge < -0.3 is 28.8 Å². The fourth-order valence-corrected chi connectivity index (χ4v) is 4.96. The van der Waals surface area contributed by atoms with Crippen molar-refractivity contribution in [1.82, 2.24) is 0 Å². The van der Waals surface area contributed by atoms with Gasteiger partial charge in [0.1, 0.15) is 11.5 Å². The van der Waals surface area contributed by atoms with E-state index in [1.54, 1.807) is 61.7 Å². The van der Waals surface area contributed by atoms with Crippen LogP contribution in [0.5, 0.6) is 28.7 Å². The summed E-state index contributed by atoms with van der Waals surface area (Å²) in [5.74, 6) is 0.759. The highest BCUT2D eigenvalue weighted by molar-refractivity contribution is 6.51. The van der Waals surface area contributed by atoms with E-state index in [0.29, 0.717) is 45.6 Å². The molecule has 0 saturated carbocycles. The third-order valence-electron chi connectivity index (χ3n) is 6.93. The molecule has 2 aliphatic heterocycles. The fraction of sp³-hybridized carbons (Fsp3) is 0.267. The van der Waals surface area contributed by atoms with Gasteiger partial charge in [-0.05, 0) is 59.5 Å². The Bertz CT molecular complexity index is 1490. The summed E-state index contributed by atoms with van der Waals surface area (Å²) >= 11 is 0. The van der Waals surface area contributed by atoms with Gasteiger partial charge in [0.25, 0.3) is 11.7 Å². The number of methoxy groups -OCH3 is 3. The molecule has 39 heavy (non-hydrogen) atoms. The van der Waals surface area contributed by atoms with Gasteiger partial charge in [0.05, 0.1) is 32.9 Å². The number of ether oxygens (including phenoxy) is 5. The number of fused-ring (bicyclic) bond motifs is 1. The molecule has 0 aliphatic carbocycles. The molecule has 0 spiro atoms. The third kappa shape index (κ3) is 4.39. The molecule has 1 fully saturated rings. The summed E-state index contributed by atoms with van der Waals surface area (Å²) in [5.41, 5.74) is 2.16. The van der Waals surface area contributed by atoms with Crippen LogP contribution in [0.2, 0.25) is 0 Å². The summed E-state index contributed by atoms with van der Waals surface area (Å²) in [7, 11) is 4.60. The molecule has 9 heteroatoms. The van der Waals surface area contributed by atoms with Crippen LogP contribution in [-0.2, 0) is 9.59 Å². The van der Waals surface area contributed by atoms with E-state index in [2.05, 4.69) is 0 Å². The minimum absolute atomic E-state index is 0.0511. The summed E-state index contributed by atoms with van der Waals surface area (Å²) in [6.07, 6.45) is 0. The molecule has 1 atom stereocenters. The second kappa shape index (κ2) is 10.2. The predicted molar refractivity (Wildman–Crippen MR) is 144 cm³/mol. The Morgan fingerprint density at radius 1 is 0.872 bits per heavy atom. The number of rotatable bonds is 7. The Morgan fingerprint density at radius 2 is 1.56 bits per heavy atom. The van der Waals surface area contributed by atoms with Crippen molar-refractivity contribution in [3.05, 3.63) is 76.9 Å². The van der Waals surface area contributed by atoms with Gasteiger partial charge in [0, 0.05) is 17.3 Å². The number of aliphatic hydroxyl groups excluding tert-OH is 1. The SMILES string of the molecule is COc1ccc(C2/C(=C(\O)c3ccc(OC)c(C(C)C)c3)C(=O)C(=O)N2c2ccc3c(c2)OCO3)cc1OC. The Hall–Kier alpha value is -4.66. The number of ketones is 1. The third-order valence-corrected chi connectivity index (χ3v) is 6.93. The normalized spacial score (nSPS) is 17.6. The van der Waals surface area contributed by atoms with Crippen molar-refractivity contribution in [2.75, 3.05) is 33.0 Å². The first-order valence-corrected chi connectivity index (χ1v) is 12.4. The largest absolute Gasteiger partial charge is 0.507 e. The number of nitrogens with zero attached hydrogens (tertiary/aromatic N) is 1. The number of benzene rings is 3. The number of hydrogen-bond donors (Lipinski definition) is 1. The molecule has 1 amide bonds. The molecule has 0 aromatic heterocycles. The maximum absolute atomic E-state index is 13.6. The number of carbonyl (C=O) groups excluding carboxylic acids is 2. The average Bonchev–Trinajstić information content (AvgIpc) is 3.53. The van der Waals surface area contributed by atoms with Gasteiger partial charge in [-0.25, -0.2) is 0 Å². The van der Waals surface area contributed by atoms with E-state index in [4.69, 9.17) is 23.7 Å². The second-order valence-corrected chi connectivity index (χ2v) is 9.43. The highest BCUT2D eigenvalue weighted by atomic mass is 16.7. The lowest BCUT2D eigenvalue weighted by Gasteiger charge is -2.26. The molecule has 202 valence electrons. The maximum Gasteiger partial charge on any atom is 0.300 e. The summed E-state index contributed by atoms with van der Waals surface area (Å²) in [4.78, 5) is 28.5. The van der Waals surface area contributed by atoms with Crippen molar-refractivity contribution in [3.63, 3.8) is 0 Å². The zero-order chi connectivity index (χ0) is 27.8. The number of anilines is 1. The van der Waals surface area contributed by atoms with Gasteiger partial charge in [-0.3, -0.25) is 14.5 Å². The van der Waals surface area contributed by atoms with Gasteiger partial charge in [0.15, 0.2) is 23.0 Å². The molecule has 3 aromatic rings. The van der Waals surface area contributed by atoms with Crippen LogP contribution >= 0.6 is 0 Å². The van der Waals surface area contributed by atoms with E-state index in [9.17, 15) is 14.7 Å². The Labute approximate surface area is 226 Å². The van der Waals surface area contributed by atoms with Crippen molar-refractivity contribution >= 4 is 23.1 Å². The van der Waals surface area contributed by atoms with E-state index in [1.807, 2.05) is 13.8 Å². The first kappa shape index (κ1) is 26.0. The van der Waals surface area contributed by atoms with Crippen LogP contribution in [0.1, 0.15) is 42.5 Å². The lowest BCUT2D eigenvalue weighted by molar-refractivity contribution is -0.132. The van der Waals surface area contributed by atoms with Crippen molar-refractivity contribution < 1.29 is 38.4 Å². The highest BCUT2D eigenvalue weighted by Crippen LogP contribution is 2.46. The molecular weight excluding hydrogens is 502 g/mol. The number of hydrogen-bond acceptors (Lipinski definition) is 8. The molecule has 5 rings (SSSR count). The minimum Gasteiger partial charge on any atom is -0.507 e. The molecule has 2 heterocycles. The molecule has 9 nitrogen and oxygen atoms in total. The monoisotopic (exact) mass is 531 g/mol. The van der Waals surface area contributed by atoms with Crippen LogP contribution in [-0.4, -0.2) is 44.9 Å². The van der Waals surface area contributed by atoms with Crippen LogP contribution < -0.4 is 28.6 Å². The average molecular weight is 532 g/mol. The molecule has 3 aromatic carbocycles. The van der Waals surface area contributed by atoms with E-state index in [0.717, 1.165) is 5.56 Å². The van der Waals surface area contributed by atoms with Crippen molar-refractivity contribution in [2.45, 2.75) is 25.8 Å². The zero-order valence-corrected chi connectivity index (χ0v) is 22.3. The summed E-state index contributed by atoms with van der Waals surface area (Å²) < 4.78 is 27.3. The quantitative estimate of drug-likeness (QED) is 0.252. The number of aliphatic hydroxyl groups is 1. The highest BCUT2D eigenvalue weighted by Gasteiger charge is 2.47. The summed E-state index contributed by atoms with van der Waals surface area (Å²) in [6.45, 7) is 4.07. The zero-order valence-electron chi connectivity index (χ0n) is 22.3. The first-order valence-electron chi connectivity index (χ1n) is 12.4. The van der Waals surface area contributed by atoms with Crippen molar-refractivity contribution in [2.24, 2.45) is 0 Å². The van der Waals surface area contributed by atoms with Gasteiger partial charge in [-0.15, -0.1) is 0 Å².